The van der Waals surface area contributed by atoms with Crippen molar-refractivity contribution in [2.24, 2.45) is 12.8 Å². The summed E-state index contributed by atoms with van der Waals surface area (Å²) in [7, 11) is 1.56. The second-order valence-corrected chi connectivity index (χ2v) is 5.83. The molecular weight excluding hydrogens is 332 g/mol. The number of nitrogens with one attached hydrogen (secondary N) is 2. The molecule has 0 radical (unpaired) electrons. The standard InChI is InChI=1S/C15H15ClN6O2/c1-7(18-15-20-13(12(17)23)22(2)21-15)10-6-8-5-9(16)3-4-11(8)19-14(10)24/h3-7H,1-2H3,(H2,17,23)(H,18,21)(H,19,24)/t7-/m0/s1. The first-order valence-corrected chi connectivity index (χ1v) is 7.53. The van der Waals surface area contributed by atoms with Gasteiger partial charge in [0.25, 0.3) is 11.5 Å². The van der Waals surface area contributed by atoms with Crippen molar-refractivity contribution in [2.45, 2.75) is 13.0 Å². The van der Waals surface area contributed by atoms with Crippen LogP contribution in [0.15, 0.2) is 29.1 Å². The molecule has 2 aromatic heterocycles. The Balaban J connectivity index is 1.95. The number of primary amides is 1. The van der Waals surface area contributed by atoms with Crippen molar-refractivity contribution >= 4 is 34.4 Å². The fourth-order valence-corrected chi connectivity index (χ4v) is 2.63. The number of aromatic amines is 1. The third-order valence-corrected chi connectivity index (χ3v) is 3.87. The number of nitrogens with two attached hydrogens (primary N) is 1. The van der Waals surface area contributed by atoms with Crippen molar-refractivity contribution in [3.8, 4) is 0 Å². The zero-order chi connectivity index (χ0) is 17.4. The number of nitrogens with zero attached hydrogens (tertiary/aromatic N) is 3. The lowest BCUT2D eigenvalue weighted by molar-refractivity contribution is 0.0986. The minimum atomic E-state index is -0.677. The van der Waals surface area contributed by atoms with E-state index in [9.17, 15) is 9.59 Å². The van der Waals surface area contributed by atoms with E-state index >= 15 is 0 Å². The highest BCUT2D eigenvalue weighted by Gasteiger charge is 2.16. The van der Waals surface area contributed by atoms with Crippen molar-refractivity contribution in [3.05, 3.63) is 51.0 Å². The maximum atomic E-state index is 12.3. The first-order chi connectivity index (χ1) is 11.3. The molecule has 8 nitrogen and oxygen atoms in total. The summed E-state index contributed by atoms with van der Waals surface area (Å²) in [4.78, 5) is 30.3. The molecule has 124 valence electrons. The first-order valence-electron chi connectivity index (χ1n) is 7.15. The van der Waals surface area contributed by atoms with Crippen LogP contribution in [0.1, 0.15) is 29.1 Å². The van der Waals surface area contributed by atoms with Crippen molar-refractivity contribution < 1.29 is 4.79 Å². The van der Waals surface area contributed by atoms with Crippen molar-refractivity contribution in [1.29, 1.82) is 0 Å². The maximum Gasteiger partial charge on any atom is 0.286 e. The number of carbonyl (C=O) groups is 1. The molecular formula is C15H15ClN6O2. The Morgan fingerprint density at radius 1 is 1.42 bits per heavy atom. The van der Waals surface area contributed by atoms with Crippen LogP contribution in [0, 0.1) is 0 Å². The summed E-state index contributed by atoms with van der Waals surface area (Å²) in [6.45, 7) is 1.79. The predicted octanol–water partition coefficient (Wildman–Crippen LogP) is 1.58. The molecule has 9 heteroatoms. The van der Waals surface area contributed by atoms with Gasteiger partial charge in [-0.15, -0.1) is 5.10 Å². The van der Waals surface area contributed by atoms with E-state index in [2.05, 4.69) is 20.4 Å². The quantitative estimate of drug-likeness (QED) is 0.662. The van der Waals surface area contributed by atoms with Gasteiger partial charge in [-0.2, -0.15) is 4.98 Å². The first kappa shape index (κ1) is 16.0. The van der Waals surface area contributed by atoms with E-state index in [0.717, 1.165) is 5.39 Å². The minimum Gasteiger partial charge on any atom is -0.363 e. The molecule has 3 rings (SSSR count). The zero-order valence-corrected chi connectivity index (χ0v) is 13.8. The van der Waals surface area contributed by atoms with Gasteiger partial charge in [-0.3, -0.25) is 9.59 Å². The average Bonchev–Trinajstić information content (AvgIpc) is 2.87. The molecule has 1 aromatic carbocycles. The fraction of sp³-hybridized carbons (Fsp3) is 0.200. The SMILES string of the molecule is C[C@H](Nc1nc(C(N)=O)n(C)n1)c1cc2cc(Cl)ccc2[nH]c1=O. The Kier molecular flexibility index (Phi) is 3.98. The largest absolute Gasteiger partial charge is 0.363 e. The van der Waals surface area contributed by atoms with Crippen molar-refractivity contribution in [3.63, 3.8) is 0 Å². The summed E-state index contributed by atoms with van der Waals surface area (Å²) in [6, 6.07) is 6.61. The molecule has 0 aliphatic carbocycles. The lowest BCUT2D eigenvalue weighted by Crippen LogP contribution is -2.20. The van der Waals surface area contributed by atoms with E-state index in [0.29, 0.717) is 16.1 Å². The van der Waals surface area contributed by atoms with Crippen LogP contribution in [0.25, 0.3) is 10.9 Å². The number of hydrogen-bond acceptors (Lipinski definition) is 5. The fourth-order valence-electron chi connectivity index (χ4n) is 2.45. The molecule has 0 bridgehead atoms. The van der Waals surface area contributed by atoms with Gasteiger partial charge in [0.05, 0.1) is 6.04 Å². The number of benzene rings is 1. The highest BCUT2D eigenvalue weighted by molar-refractivity contribution is 6.31. The van der Waals surface area contributed by atoms with Gasteiger partial charge in [-0.05, 0) is 31.2 Å². The monoisotopic (exact) mass is 346 g/mol. The Bertz CT molecular complexity index is 993. The van der Waals surface area contributed by atoms with Crippen LogP contribution in [0.3, 0.4) is 0 Å². The summed E-state index contributed by atoms with van der Waals surface area (Å²) in [5.74, 6) is -0.433. The summed E-state index contributed by atoms with van der Waals surface area (Å²) in [6.07, 6.45) is 0. The lowest BCUT2D eigenvalue weighted by atomic mass is 10.1. The van der Waals surface area contributed by atoms with Crippen molar-refractivity contribution in [1.82, 2.24) is 19.7 Å². The maximum absolute atomic E-state index is 12.3. The molecule has 0 spiro atoms. The number of halogens is 1. The smallest absolute Gasteiger partial charge is 0.286 e. The third-order valence-electron chi connectivity index (χ3n) is 3.63. The van der Waals surface area contributed by atoms with Gasteiger partial charge >= 0.3 is 0 Å². The number of aromatic nitrogens is 4. The Morgan fingerprint density at radius 3 is 2.83 bits per heavy atom. The van der Waals surface area contributed by atoms with Crippen LogP contribution in [0.2, 0.25) is 5.02 Å². The highest BCUT2D eigenvalue weighted by Crippen LogP contribution is 2.21. The summed E-state index contributed by atoms with van der Waals surface area (Å²) >= 11 is 6.00. The molecule has 1 amide bonds. The molecule has 1 atom stereocenters. The van der Waals surface area contributed by atoms with Crippen LogP contribution in [-0.4, -0.2) is 25.7 Å². The van der Waals surface area contributed by atoms with E-state index in [1.807, 2.05) is 0 Å². The van der Waals surface area contributed by atoms with Crippen molar-refractivity contribution in [2.75, 3.05) is 5.32 Å². The molecule has 4 N–H and O–H groups in total. The topological polar surface area (TPSA) is 119 Å². The van der Waals surface area contributed by atoms with Gasteiger partial charge in [0.2, 0.25) is 11.8 Å². The number of amides is 1. The Morgan fingerprint density at radius 2 is 2.17 bits per heavy atom. The molecule has 0 fully saturated rings. The number of hydrogen-bond donors (Lipinski definition) is 3. The molecule has 0 saturated heterocycles. The minimum absolute atomic E-state index is 0.0314. The van der Waals surface area contributed by atoms with Gasteiger partial charge in [0.15, 0.2) is 0 Å². The van der Waals surface area contributed by atoms with Crippen LogP contribution in [-0.2, 0) is 7.05 Å². The molecule has 24 heavy (non-hydrogen) atoms. The number of fused-ring (bicyclic) bond motifs is 1. The van der Waals surface area contributed by atoms with Crippen LogP contribution < -0.4 is 16.6 Å². The van der Waals surface area contributed by atoms with Gasteiger partial charge in [0.1, 0.15) is 0 Å². The molecule has 3 aromatic rings. The van der Waals surface area contributed by atoms with Crippen LogP contribution in [0.5, 0.6) is 0 Å². The van der Waals surface area contributed by atoms with Gasteiger partial charge in [-0.25, -0.2) is 4.68 Å². The summed E-state index contributed by atoms with van der Waals surface area (Å²) in [5, 5.41) is 8.45. The van der Waals surface area contributed by atoms with Gasteiger partial charge < -0.3 is 16.0 Å². The average molecular weight is 347 g/mol. The summed E-state index contributed by atoms with van der Waals surface area (Å²) < 4.78 is 1.28. The zero-order valence-electron chi connectivity index (χ0n) is 13.0. The molecule has 2 heterocycles. The Labute approximate surface area is 141 Å². The highest BCUT2D eigenvalue weighted by atomic mass is 35.5. The number of pyridine rings is 1. The molecule has 0 saturated carbocycles. The molecule has 0 aliphatic heterocycles. The number of H-pyrrole nitrogens is 1. The van der Waals surface area contributed by atoms with E-state index in [4.69, 9.17) is 17.3 Å². The van der Waals surface area contributed by atoms with E-state index in [1.54, 1.807) is 38.2 Å². The van der Waals surface area contributed by atoms with Crippen LogP contribution >= 0.6 is 11.6 Å². The number of anilines is 1. The van der Waals surface area contributed by atoms with E-state index < -0.39 is 5.91 Å². The summed E-state index contributed by atoms with van der Waals surface area (Å²) in [5.41, 5.74) is 6.19. The lowest BCUT2D eigenvalue weighted by Gasteiger charge is -2.12. The number of rotatable bonds is 4. The molecule has 0 unspecified atom stereocenters. The second-order valence-electron chi connectivity index (χ2n) is 5.40. The normalized spacial score (nSPS) is 12.3. The second kappa shape index (κ2) is 5.97. The Hall–Kier alpha value is -2.87. The van der Waals surface area contributed by atoms with E-state index in [-0.39, 0.29) is 23.4 Å². The van der Waals surface area contributed by atoms with Gasteiger partial charge in [-0.1, -0.05) is 11.6 Å². The van der Waals surface area contributed by atoms with Gasteiger partial charge in [0, 0.05) is 28.5 Å². The third kappa shape index (κ3) is 2.95. The molecule has 0 aliphatic rings. The number of aryl methyl sites for hydroxylation is 1. The van der Waals surface area contributed by atoms with E-state index in [1.165, 1.54) is 4.68 Å². The van der Waals surface area contributed by atoms with Crippen LogP contribution in [0.4, 0.5) is 5.95 Å². The predicted molar refractivity (Wildman–Crippen MR) is 91.1 cm³/mol. The number of carbonyl (C=O) groups excluding carboxylic acids is 1.